The van der Waals surface area contributed by atoms with Crippen molar-refractivity contribution in [3.05, 3.63) is 41.5 Å². The van der Waals surface area contributed by atoms with E-state index in [4.69, 9.17) is 0 Å². The van der Waals surface area contributed by atoms with E-state index >= 15 is 0 Å². The number of anilines is 3. The minimum Gasteiger partial charge on any atom is -0.373 e. The second-order valence-corrected chi connectivity index (χ2v) is 4.02. The summed E-state index contributed by atoms with van der Waals surface area (Å²) < 4.78 is 13.4. The van der Waals surface area contributed by atoms with Gasteiger partial charge < -0.3 is 10.6 Å². The SMILES string of the molecule is CNc1cc(Nc2ccc(C)c(F)c2)nc(C)n1. The number of hydrogen-bond acceptors (Lipinski definition) is 4. The lowest BCUT2D eigenvalue weighted by Gasteiger charge is -2.09. The molecule has 1 aromatic carbocycles. The molecule has 2 rings (SSSR count). The van der Waals surface area contributed by atoms with Gasteiger partial charge in [0, 0.05) is 18.8 Å². The van der Waals surface area contributed by atoms with Crippen LogP contribution < -0.4 is 10.6 Å². The molecule has 2 aromatic rings. The summed E-state index contributed by atoms with van der Waals surface area (Å²) in [5.74, 6) is 1.77. The van der Waals surface area contributed by atoms with Gasteiger partial charge in [0.15, 0.2) is 0 Å². The fraction of sp³-hybridized carbons (Fsp3) is 0.231. The van der Waals surface area contributed by atoms with Crippen molar-refractivity contribution in [1.82, 2.24) is 9.97 Å². The Bertz CT molecular complexity index is 569. The van der Waals surface area contributed by atoms with Gasteiger partial charge in [-0.1, -0.05) is 6.07 Å². The van der Waals surface area contributed by atoms with Crippen LogP contribution >= 0.6 is 0 Å². The zero-order valence-corrected chi connectivity index (χ0v) is 10.6. The molecule has 0 saturated carbocycles. The topological polar surface area (TPSA) is 49.8 Å². The molecule has 0 amide bonds. The van der Waals surface area contributed by atoms with E-state index < -0.39 is 0 Å². The molecule has 0 aliphatic rings. The van der Waals surface area contributed by atoms with Crippen LogP contribution in [0.25, 0.3) is 0 Å². The van der Waals surface area contributed by atoms with Crippen molar-refractivity contribution >= 4 is 17.3 Å². The Kier molecular flexibility index (Phi) is 3.41. The van der Waals surface area contributed by atoms with Crippen molar-refractivity contribution in [2.45, 2.75) is 13.8 Å². The summed E-state index contributed by atoms with van der Waals surface area (Å²) in [4.78, 5) is 8.43. The Morgan fingerprint density at radius 3 is 2.44 bits per heavy atom. The largest absolute Gasteiger partial charge is 0.373 e. The highest BCUT2D eigenvalue weighted by Gasteiger charge is 2.03. The minimum atomic E-state index is -0.236. The normalized spacial score (nSPS) is 10.2. The summed E-state index contributed by atoms with van der Waals surface area (Å²) in [5, 5.41) is 6.01. The van der Waals surface area contributed by atoms with Crippen molar-refractivity contribution in [3.63, 3.8) is 0 Å². The van der Waals surface area contributed by atoms with Gasteiger partial charge in [-0.2, -0.15) is 0 Å². The molecule has 0 spiro atoms. The second-order valence-electron chi connectivity index (χ2n) is 4.02. The van der Waals surface area contributed by atoms with Crippen molar-refractivity contribution in [2.24, 2.45) is 0 Å². The molecule has 4 nitrogen and oxygen atoms in total. The molecule has 0 unspecified atom stereocenters. The van der Waals surface area contributed by atoms with Crippen LogP contribution in [0.15, 0.2) is 24.3 Å². The maximum Gasteiger partial charge on any atom is 0.136 e. The number of benzene rings is 1. The van der Waals surface area contributed by atoms with Crippen molar-refractivity contribution in [1.29, 1.82) is 0 Å². The summed E-state index contributed by atoms with van der Waals surface area (Å²) in [6, 6.07) is 6.76. The number of rotatable bonds is 3. The standard InChI is InChI=1S/C13H15FN4/c1-8-4-5-10(6-11(8)14)18-13-7-12(15-3)16-9(2)17-13/h4-7H,1-3H3,(H2,15,16,17,18). The third-order valence-corrected chi connectivity index (χ3v) is 2.54. The first-order valence-electron chi connectivity index (χ1n) is 5.65. The first kappa shape index (κ1) is 12.3. The molecule has 1 aromatic heterocycles. The van der Waals surface area contributed by atoms with Crippen LogP contribution in [0.4, 0.5) is 21.7 Å². The van der Waals surface area contributed by atoms with Crippen LogP contribution in [0.3, 0.4) is 0 Å². The van der Waals surface area contributed by atoms with Crippen molar-refractivity contribution in [2.75, 3.05) is 17.7 Å². The third-order valence-electron chi connectivity index (χ3n) is 2.54. The average molecular weight is 246 g/mol. The summed E-state index contributed by atoms with van der Waals surface area (Å²) in [7, 11) is 1.79. The van der Waals surface area contributed by atoms with Crippen molar-refractivity contribution in [3.8, 4) is 0 Å². The van der Waals surface area contributed by atoms with Gasteiger partial charge in [-0.15, -0.1) is 0 Å². The number of nitrogens with zero attached hydrogens (tertiary/aromatic N) is 2. The molecule has 0 aliphatic carbocycles. The molecule has 0 saturated heterocycles. The maximum atomic E-state index is 13.4. The smallest absolute Gasteiger partial charge is 0.136 e. The summed E-state index contributed by atoms with van der Waals surface area (Å²) >= 11 is 0. The fourth-order valence-electron chi connectivity index (χ4n) is 1.58. The number of aromatic nitrogens is 2. The Balaban J connectivity index is 2.27. The molecule has 1 heterocycles. The number of halogens is 1. The summed E-state index contributed by atoms with van der Waals surface area (Å²) in [6.07, 6.45) is 0. The molecular formula is C13H15FN4. The molecule has 18 heavy (non-hydrogen) atoms. The number of aryl methyl sites for hydroxylation is 2. The first-order valence-corrected chi connectivity index (χ1v) is 5.65. The van der Waals surface area contributed by atoms with Crippen LogP contribution in [-0.2, 0) is 0 Å². The van der Waals surface area contributed by atoms with Gasteiger partial charge in [-0.3, -0.25) is 0 Å². The second kappa shape index (κ2) is 5.00. The molecule has 2 N–H and O–H groups in total. The Hall–Kier alpha value is -2.17. The molecule has 0 radical (unpaired) electrons. The van der Waals surface area contributed by atoms with E-state index in [0.717, 1.165) is 5.82 Å². The van der Waals surface area contributed by atoms with E-state index in [0.29, 0.717) is 22.9 Å². The summed E-state index contributed by atoms with van der Waals surface area (Å²) in [6.45, 7) is 3.54. The van der Waals surface area contributed by atoms with Gasteiger partial charge in [0.05, 0.1) is 0 Å². The highest BCUT2D eigenvalue weighted by atomic mass is 19.1. The van der Waals surface area contributed by atoms with Gasteiger partial charge >= 0.3 is 0 Å². The Morgan fingerprint density at radius 1 is 1.06 bits per heavy atom. The minimum absolute atomic E-state index is 0.236. The molecule has 0 fully saturated rings. The highest BCUT2D eigenvalue weighted by Crippen LogP contribution is 2.19. The van der Waals surface area contributed by atoms with E-state index in [1.807, 2.05) is 13.0 Å². The maximum absolute atomic E-state index is 13.4. The first-order chi connectivity index (χ1) is 8.58. The summed E-state index contributed by atoms with van der Waals surface area (Å²) in [5.41, 5.74) is 1.29. The van der Waals surface area contributed by atoms with Crippen LogP contribution in [-0.4, -0.2) is 17.0 Å². The quantitative estimate of drug-likeness (QED) is 0.874. The molecule has 5 heteroatoms. The fourth-order valence-corrected chi connectivity index (χ4v) is 1.58. The van der Waals surface area contributed by atoms with Crippen LogP contribution in [0, 0.1) is 19.7 Å². The Labute approximate surface area is 105 Å². The van der Waals surface area contributed by atoms with E-state index in [1.165, 1.54) is 6.07 Å². The lowest BCUT2D eigenvalue weighted by molar-refractivity contribution is 0.619. The average Bonchev–Trinajstić information content (AvgIpc) is 2.33. The van der Waals surface area contributed by atoms with Gasteiger partial charge in [0.1, 0.15) is 23.3 Å². The van der Waals surface area contributed by atoms with Crippen molar-refractivity contribution < 1.29 is 4.39 Å². The zero-order chi connectivity index (χ0) is 13.1. The monoisotopic (exact) mass is 246 g/mol. The van der Waals surface area contributed by atoms with Gasteiger partial charge in [-0.05, 0) is 31.5 Å². The highest BCUT2D eigenvalue weighted by molar-refractivity contribution is 5.59. The van der Waals surface area contributed by atoms with E-state index in [1.54, 1.807) is 26.1 Å². The number of nitrogens with one attached hydrogen (secondary N) is 2. The van der Waals surface area contributed by atoms with Gasteiger partial charge in [0.2, 0.25) is 0 Å². The molecule has 94 valence electrons. The Morgan fingerprint density at radius 2 is 1.78 bits per heavy atom. The van der Waals surface area contributed by atoms with Gasteiger partial charge in [0.25, 0.3) is 0 Å². The molecule has 0 atom stereocenters. The zero-order valence-electron chi connectivity index (χ0n) is 10.6. The van der Waals surface area contributed by atoms with Crippen LogP contribution in [0.1, 0.15) is 11.4 Å². The van der Waals surface area contributed by atoms with Crippen LogP contribution in [0.2, 0.25) is 0 Å². The van der Waals surface area contributed by atoms with Gasteiger partial charge in [-0.25, -0.2) is 14.4 Å². The molecule has 0 bridgehead atoms. The van der Waals surface area contributed by atoms with Crippen LogP contribution in [0.5, 0.6) is 0 Å². The van der Waals surface area contributed by atoms with E-state index in [9.17, 15) is 4.39 Å². The van der Waals surface area contributed by atoms with E-state index in [2.05, 4.69) is 20.6 Å². The predicted molar refractivity (Wildman–Crippen MR) is 70.7 cm³/mol. The number of hydrogen-bond donors (Lipinski definition) is 2. The predicted octanol–water partition coefficient (Wildman–Crippen LogP) is 3.02. The lowest BCUT2D eigenvalue weighted by Crippen LogP contribution is -2.01. The third kappa shape index (κ3) is 2.74. The molecular weight excluding hydrogens is 231 g/mol. The lowest BCUT2D eigenvalue weighted by atomic mass is 10.2. The molecule has 0 aliphatic heterocycles. The van der Waals surface area contributed by atoms with E-state index in [-0.39, 0.29) is 5.82 Å².